The van der Waals surface area contributed by atoms with E-state index in [0.29, 0.717) is 28.7 Å². The van der Waals surface area contributed by atoms with E-state index in [4.69, 9.17) is 10.5 Å². The number of anilines is 2. The molecule has 0 spiro atoms. The number of imidazole rings is 1. The van der Waals surface area contributed by atoms with Gasteiger partial charge in [0, 0.05) is 17.8 Å². The monoisotopic (exact) mass is 535 g/mol. The second-order valence-corrected chi connectivity index (χ2v) is 10.2. The molecule has 0 aliphatic rings. The number of hydrogen-bond donors (Lipinski definition) is 2. The Labute approximate surface area is 217 Å². The van der Waals surface area contributed by atoms with Crippen LogP contribution in [0.15, 0.2) is 83.9 Å². The molecule has 2 heterocycles. The Morgan fingerprint density at radius 1 is 1.00 bits per heavy atom. The first-order valence-electron chi connectivity index (χ1n) is 11.5. The summed E-state index contributed by atoms with van der Waals surface area (Å²) in [5.41, 5.74) is 10.1. The highest BCUT2D eigenvalue weighted by atomic mass is 32.2. The zero-order chi connectivity index (χ0) is 27.0. The van der Waals surface area contributed by atoms with E-state index >= 15 is 0 Å². The highest BCUT2D eigenvalue weighted by molar-refractivity contribution is 7.92. The number of sulfonamides is 1. The van der Waals surface area contributed by atoms with Crippen molar-refractivity contribution >= 4 is 32.7 Å². The first kappa shape index (κ1) is 25.2. The Balaban J connectivity index is 1.56. The summed E-state index contributed by atoms with van der Waals surface area (Å²) in [7, 11) is -3.08. The molecule has 3 aromatic carbocycles. The number of hydrogen-bond acceptors (Lipinski definition) is 6. The number of fused-ring (bicyclic) bond motifs is 1. The van der Waals surface area contributed by atoms with Crippen LogP contribution in [0, 0.1) is 11.6 Å². The Kier molecular flexibility index (Phi) is 6.45. The Morgan fingerprint density at radius 2 is 1.76 bits per heavy atom. The van der Waals surface area contributed by atoms with Crippen molar-refractivity contribution in [2.24, 2.45) is 0 Å². The van der Waals surface area contributed by atoms with E-state index in [1.54, 1.807) is 0 Å². The van der Waals surface area contributed by atoms with Gasteiger partial charge in [0.15, 0.2) is 0 Å². The third-order valence-corrected chi connectivity index (χ3v) is 7.59. The van der Waals surface area contributed by atoms with Crippen LogP contribution in [0.1, 0.15) is 18.5 Å². The number of nitrogens with zero attached hydrogens (tertiary/aromatic N) is 3. The van der Waals surface area contributed by atoms with Crippen LogP contribution in [-0.4, -0.2) is 30.1 Å². The lowest BCUT2D eigenvalue weighted by Crippen LogP contribution is -2.15. The minimum atomic E-state index is -4.41. The molecule has 2 aromatic heterocycles. The maximum Gasteiger partial charge on any atom is 0.264 e. The van der Waals surface area contributed by atoms with Crippen molar-refractivity contribution < 1.29 is 21.9 Å². The average Bonchev–Trinajstić information content (AvgIpc) is 3.23. The van der Waals surface area contributed by atoms with E-state index in [0.717, 1.165) is 23.2 Å². The maximum atomic E-state index is 14.2. The number of nitrogens with two attached hydrogens (primary N) is 1. The molecule has 194 valence electrons. The van der Waals surface area contributed by atoms with E-state index in [-0.39, 0.29) is 17.6 Å². The number of rotatable bonds is 7. The van der Waals surface area contributed by atoms with Gasteiger partial charge in [0.25, 0.3) is 10.0 Å². The molecule has 0 aliphatic heterocycles. The molecule has 5 aromatic rings. The molecule has 0 bridgehead atoms. The predicted octanol–water partition coefficient (Wildman–Crippen LogP) is 5.38. The second kappa shape index (κ2) is 9.75. The van der Waals surface area contributed by atoms with Gasteiger partial charge in [0.05, 0.1) is 24.2 Å². The summed E-state index contributed by atoms with van der Waals surface area (Å²) in [5.74, 6) is -1.77. The van der Waals surface area contributed by atoms with Crippen LogP contribution in [0.25, 0.3) is 22.2 Å². The molecule has 0 unspecified atom stereocenters. The molecule has 0 aliphatic carbocycles. The molecule has 11 heteroatoms. The van der Waals surface area contributed by atoms with E-state index in [1.807, 2.05) is 60.0 Å². The highest BCUT2D eigenvalue weighted by Gasteiger charge is 2.23. The number of nitrogens with one attached hydrogen (secondary N) is 1. The summed E-state index contributed by atoms with van der Waals surface area (Å²) in [4.78, 5) is 8.01. The van der Waals surface area contributed by atoms with E-state index < -0.39 is 26.6 Å². The highest BCUT2D eigenvalue weighted by Crippen LogP contribution is 2.34. The third-order valence-electron chi connectivity index (χ3n) is 6.19. The molecule has 5 rings (SSSR count). The standard InChI is InChI=1S/C27H23F2N5O3S/c1-16(17-6-4-3-5-7-17)34-24-13-18(8-10-22(24)32-27(34)30)19-12-23(26(37-2)31-15-19)33-38(35,36)25-11-9-20(28)14-21(25)29/h3-16,33H,1-2H3,(H2,30,32)/t16-/m1/s1. The normalized spacial score (nSPS) is 12.4. The number of pyridine rings is 1. The Hall–Kier alpha value is -4.51. The Morgan fingerprint density at radius 3 is 2.47 bits per heavy atom. The quantitative estimate of drug-likeness (QED) is 0.290. The van der Waals surface area contributed by atoms with Gasteiger partial charge in [-0.3, -0.25) is 4.72 Å². The summed E-state index contributed by atoms with van der Waals surface area (Å²) in [5, 5.41) is 0. The van der Waals surface area contributed by atoms with Crippen molar-refractivity contribution in [3.05, 3.63) is 96.2 Å². The zero-order valence-electron chi connectivity index (χ0n) is 20.4. The van der Waals surface area contributed by atoms with Gasteiger partial charge in [-0.1, -0.05) is 36.4 Å². The van der Waals surface area contributed by atoms with Gasteiger partial charge >= 0.3 is 0 Å². The number of halogens is 2. The van der Waals surface area contributed by atoms with Gasteiger partial charge in [-0.25, -0.2) is 27.2 Å². The molecule has 3 N–H and O–H groups in total. The smallest absolute Gasteiger partial charge is 0.264 e. The summed E-state index contributed by atoms with van der Waals surface area (Å²) < 4.78 is 62.8. The number of aromatic nitrogens is 3. The van der Waals surface area contributed by atoms with Crippen LogP contribution >= 0.6 is 0 Å². The van der Waals surface area contributed by atoms with Crippen molar-refractivity contribution in [2.45, 2.75) is 17.9 Å². The van der Waals surface area contributed by atoms with E-state index in [1.165, 1.54) is 19.4 Å². The average molecular weight is 536 g/mol. The van der Waals surface area contributed by atoms with Crippen LogP contribution in [0.4, 0.5) is 20.4 Å². The summed E-state index contributed by atoms with van der Waals surface area (Å²) >= 11 is 0. The first-order chi connectivity index (χ1) is 18.2. The third kappa shape index (κ3) is 4.63. The van der Waals surface area contributed by atoms with Gasteiger partial charge in [-0.05, 0) is 48.4 Å². The molecule has 0 fully saturated rings. The number of methoxy groups -OCH3 is 1. The summed E-state index contributed by atoms with van der Waals surface area (Å²) in [6.07, 6.45) is 1.53. The minimum absolute atomic E-state index is 0.0144. The maximum absolute atomic E-state index is 14.2. The van der Waals surface area contributed by atoms with Crippen molar-refractivity contribution in [3.63, 3.8) is 0 Å². The Bertz CT molecular complexity index is 1760. The molecule has 1 atom stereocenters. The van der Waals surface area contributed by atoms with Crippen molar-refractivity contribution in [1.82, 2.24) is 14.5 Å². The molecule has 0 radical (unpaired) electrons. The first-order valence-corrected chi connectivity index (χ1v) is 13.0. The molecule has 0 amide bonds. The van der Waals surface area contributed by atoms with Crippen LogP contribution in [0.2, 0.25) is 0 Å². The fraction of sp³-hybridized carbons (Fsp3) is 0.111. The number of benzene rings is 3. The van der Waals surface area contributed by atoms with Crippen LogP contribution in [0.5, 0.6) is 5.88 Å². The number of nitrogen functional groups attached to an aromatic ring is 1. The predicted molar refractivity (Wildman–Crippen MR) is 141 cm³/mol. The SMILES string of the molecule is COc1ncc(-c2ccc3nc(N)n([C@H](C)c4ccccc4)c3c2)cc1NS(=O)(=O)c1ccc(F)cc1F. The molecular formula is C27H23F2N5O3S. The fourth-order valence-electron chi connectivity index (χ4n) is 4.32. The topological polar surface area (TPSA) is 112 Å². The van der Waals surface area contributed by atoms with Crippen LogP contribution in [-0.2, 0) is 10.0 Å². The van der Waals surface area contributed by atoms with E-state index in [9.17, 15) is 17.2 Å². The molecule has 8 nitrogen and oxygen atoms in total. The number of ether oxygens (including phenoxy) is 1. The van der Waals surface area contributed by atoms with Gasteiger partial charge in [0.1, 0.15) is 22.2 Å². The van der Waals surface area contributed by atoms with Crippen molar-refractivity contribution in [1.29, 1.82) is 0 Å². The van der Waals surface area contributed by atoms with Crippen LogP contribution in [0.3, 0.4) is 0 Å². The second-order valence-electron chi connectivity index (χ2n) is 8.59. The summed E-state index contributed by atoms with van der Waals surface area (Å²) in [6.45, 7) is 2.02. The fourth-order valence-corrected chi connectivity index (χ4v) is 5.43. The van der Waals surface area contributed by atoms with Gasteiger partial charge in [-0.2, -0.15) is 0 Å². The molecule has 38 heavy (non-hydrogen) atoms. The lowest BCUT2D eigenvalue weighted by molar-refractivity contribution is 0.400. The summed E-state index contributed by atoms with van der Waals surface area (Å²) in [6, 6.07) is 19.0. The van der Waals surface area contributed by atoms with Gasteiger partial charge in [-0.15, -0.1) is 0 Å². The lowest BCUT2D eigenvalue weighted by atomic mass is 10.1. The van der Waals surface area contributed by atoms with Crippen molar-refractivity contribution in [3.8, 4) is 17.0 Å². The van der Waals surface area contributed by atoms with Crippen molar-refractivity contribution in [2.75, 3.05) is 17.6 Å². The van der Waals surface area contributed by atoms with Gasteiger partial charge < -0.3 is 15.0 Å². The molecule has 0 saturated heterocycles. The zero-order valence-corrected chi connectivity index (χ0v) is 21.2. The van der Waals surface area contributed by atoms with Gasteiger partial charge in [0.2, 0.25) is 11.8 Å². The van der Waals surface area contributed by atoms with E-state index in [2.05, 4.69) is 14.7 Å². The molecule has 0 saturated carbocycles. The lowest BCUT2D eigenvalue weighted by Gasteiger charge is -2.17. The minimum Gasteiger partial charge on any atom is -0.480 e. The largest absolute Gasteiger partial charge is 0.480 e. The molecular weight excluding hydrogens is 512 g/mol. The van der Waals surface area contributed by atoms with Crippen LogP contribution < -0.4 is 15.2 Å².